The quantitative estimate of drug-likeness (QED) is 0.639. The molecule has 19 heavy (non-hydrogen) atoms. The largest absolute Gasteiger partial charge is 0.384 e. The van der Waals surface area contributed by atoms with Gasteiger partial charge in [-0.15, -0.1) is 0 Å². The minimum absolute atomic E-state index is 0.133. The van der Waals surface area contributed by atoms with Gasteiger partial charge in [0.1, 0.15) is 11.0 Å². The zero-order valence-corrected chi connectivity index (χ0v) is 11.7. The summed E-state index contributed by atoms with van der Waals surface area (Å²) in [5.41, 5.74) is 6.01. The van der Waals surface area contributed by atoms with Crippen molar-refractivity contribution in [3.63, 3.8) is 0 Å². The molecule has 1 saturated carbocycles. The number of anilines is 1. The zero-order valence-electron chi connectivity index (χ0n) is 10.9. The molecule has 1 amide bonds. The fourth-order valence-electron chi connectivity index (χ4n) is 1.70. The summed E-state index contributed by atoms with van der Waals surface area (Å²) in [4.78, 5) is 17.5. The maximum Gasteiger partial charge on any atom is 0.253 e. The summed E-state index contributed by atoms with van der Waals surface area (Å²) in [5.74, 6) is 0.847. The monoisotopic (exact) mass is 283 g/mol. The number of nitrogens with two attached hydrogens (primary N) is 1. The Bertz CT molecular complexity index is 443. The molecule has 1 fully saturated rings. The first-order chi connectivity index (χ1) is 9.06. The molecular formula is C13H18ClN3O2. The number of nitrogens with zero attached hydrogens (tertiary/aromatic N) is 2. The van der Waals surface area contributed by atoms with E-state index >= 15 is 0 Å². The van der Waals surface area contributed by atoms with Crippen molar-refractivity contribution >= 4 is 23.3 Å². The van der Waals surface area contributed by atoms with Crippen molar-refractivity contribution in [3.8, 4) is 0 Å². The number of rotatable bonds is 6. The predicted octanol–water partition coefficient (Wildman–Crippen LogP) is 1.82. The summed E-state index contributed by atoms with van der Waals surface area (Å²) >= 11 is 5.78. The smallest absolute Gasteiger partial charge is 0.253 e. The van der Waals surface area contributed by atoms with Crippen LogP contribution in [0.5, 0.6) is 0 Å². The van der Waals surface area contributed by atoms with Crippen LogP contribution in [0, 0.1) is 5.92 Å². The number of aromatic nitrogens is 1. The second kappa shape index (κ2) is 6.21. The van der Waals surface area contributed by atoms with E-state index in [0.717, 1.165) is 12.5 Å². The van der Waals surface area contributed by atoms with Gasteiger partial charge in [0.15, 0.2) is 0 Å². The van der Waals surface area contributed by atoms with Gasteiger partial charge in [0.25, 0.3) is 5.91 Å². The van der Waals surface area contributed by atoms with Crippen LogP contribution >= 0.6 is 11.6 Å². The standard InChI is InChI=1S/C13H18ClN3O2/c1-17(4-5-19-8-9-2-3-9)13(18)10-6-11(14)16-12(15)7-10/h6-7,9H,2-5,8H2,1H3,(H2,15,16). The fourth-order valence-corrected chi connectivity index (χ4v) is 1.91. The number of likely N-dealkylation sites (N-methyl/N-ethyl adjacent to an activating group) is 1. The van der Waals surface area contributed by atoms with Gasteiger partial charge < -0.3 is 15.4 Å². The first kappa shape index (κ1) is 14.1. The highest BCUT2D eigenvalue weighted by molar-refractivity contribution is 6.29. The maximum absolute atomic E-state index is 12.1. The summed E-state index contributed by atoms with van der Waals surface area (Å²) in [5, 5.41) is 0.224. The van der Waals surface area contributed by atoms with Crippen molar-refractivity contribution < 1.29 is 9.53 Å². The number of pyridine rings is 1. The molecule has 0 spiro atoms. The van der Waals surface area contributed by atoms with Gasteiger partial charge in [0.05, 0.1) is 6.61 Å². The predicted molar refractivity (Wildman–Crippen MR) is 74.2 cm³/mol. The first-order valence-corrected chi connectivity index (χ1v) is 6.70. The summed E-state index contributed by atoms with van der Waals surface area (Å²) in [6.45, 7) is 1.90. The number of carbonyl (C=O) groups is 1. The van der Waals surface area contributed by atoms with E-state index in [1.807, 2.05) is 0 Å². The number of ether oxygens (including phenoxy) is 1. The molecule has 5 nitrogen and oxygen atoms in total. The summed E-state index contributed by atoms with van der Waals surface area (Å²) in [7, 11) is 1.73. The molecule has 1 aliphatic rings. The van der Waals surface area contributed by atoms with Gasteiger partial charge in [-0.1, -0.05) is 11.6 Å². The summed E-state index contributed by atoms with van der Waals surface area (Å²) in [6.07, 6.45) is 2.53. The topological polar surface area (TPSA) is 68.5 Å². The molecule has 1 aromatic heterocycles. The fraction of sp³-hybridized carbons (Fsp3) is 0.538. The highest BCUT2D eigenvalue weighted by Crippen LogP contribution is 2.28. The van der Waals surface area contributed by atoms with E-state index in [2.05, 4.69) is 4.98 Å². The molecule has 1 aromatic rings. The Hall–Kier alpha value is -1.33. The Morgan fingerprint density at radius 2 is 2.32 bits per heavy atom. The minimum Gasteiger partial charge on any atom is -0.384 e. The number of amides is 1. The van der Waals surface area contributed by atoms with Crippen LogP contribution in [0.4, 0.5) is 5.82 Å². The van der Waals surface area contributed by atoms with Gasteiger partial charge in [0, 0.05) is 25.8 Å². The van der Waals surface area contributed by atoms with Crippen molar-refractivity contribution in [3.05, 3.63) is 22.8 Å². The molecule has 2 N–H and O–H groups in total. The lowest BCUT2D eigenvalue weighted by Crippen LogP contribution is -2.30. The Morgan fingerprint density at radius 1 is 1.58 bits per heavy atom. The SMILES string of the molecule is CN(CCOCC1CC1)C(=O)c1cc(N)nc(Cl)c1. The molecule has 0 bridgehead atoms. The van der Waals surface area contributed by atoms with E-state index in [9.17, 15) is 4.79 Å². The number of hydrogen-bond acceptors (Lipinski definition) is 4. The van der Waals surface area contributed by atoms with E-state index in [4.69, 9.17) is 22.1 Å². The third kappa shape index (κ3) is 4.36. The summed E-state index contributed by atoms with van der Waals surface area (Å²) in [6, 6.07) is 3.04. The number of halogens is 1. The molecule has 2 rings (SSSR count). The van der Waals surface area contributed by atoms with Gasteiger partial charge in [-0.05, 0) is 30.9 Å². The molecule has 0 atom stereocenters. The van der Waals surface area contributed by atoms with Crippen LogP contribution in [0.2, 0.25) is 5.15 Å². The molecule has 1 heterocycles. The van der Waals surface area contributed by atoms with E-state index < -0.39 is 0 Å². The average Bonchev–Trinajstić information content (AvgIpc) is 3.16. The lowest BCUT2D eigenvalue weighted by atomic mass is 10.2. The molecule has 104 valence electrons. The normalized spacial score (nSPS) is 14.4. The van der Waals surface area contributed by atoms with Crippen LogP contribution in [-0.2, 0) is 4.74 Å². The van der Waals surface area contributed by atoms with Crippen molar-refractivity contribution in [1.29, 1.82) is 0 Å². The number of hydrogen-bond donors (Lipinski definition) is 1. The van der Waals surface area contributed by atoms with Crippen LogP contribution in [0.25, 0.3) is 0 Å². The highest BCUT2D eigenvalue weighted by atomic mass is 35.5. The van der Waals surface area contributed by atoms with E-state index in [1.165, 1.54) is 25.0 Å². The van der Waals surface area contributed by atoms with Gasteiger partial charge in [-0.25, -0.2) is 4.98 Å². The van der Waals surface area contributed by atoms with Gasteiger partial charge in [0.2, 0.25) is 0 Å². The maximum atomic E-state index is 12.1. The van der Waals surface area contributed by atoms with E-state index in [1.54, 1.807) is 11.9 Å². The Kier molecular flexibility index (Phi) is 4.61. The molecule has 0 saturated heterocycles. The van der Waals surface area contributed by atoms with E-state index in [0.29, 0.717) is 18.7 Å². The Morgan fingerprint density at radius 3 is 2.95 bits per heavy atom. The molecule has 6 heteroatoms. The molecule has 1 aliphatic carbocycles. The van der Waals surface area contributed by atoms with Crippen molar-refractivity contribution in [1.82, 2.24) is 9.88 Å². The third-order valence-electron chi connectivity index (χ3n) is 3.03. The molecule has 0 unspecified atom stereocenters. The van der Waals surface area contributed by atoms with Crippen LogP contribution in [0.3, 0.4) is 0 Å². The number of carbonyl (C=O) groups excluding carboxylic acids is 1. The molecule has 0 aromatic carbocycles. The van der Waals surface area contributed by atoms with Crippen LogP contribution in [0.1, 0.15) is 23.2 Å². The zero-order chi connectivity index (χ0) is 13.8. The highest BCUT2D eigenvalue weighted by Gasteiger charge is 2.21. The lowest BCUT2D eigenvalue weighted by Gasteiger charge is -2.17. The van der Waals surface area contributed by atoms with Crippen LogP contribution in [0.15, 0.2) is 12.1 Å². The summed E-state index contributed by atoms with van der Waals surface area (Å²) < 4.78 is 5.50. The van der Waals surface area contributed by atoms with E-state index in [-0.39, 0.29) is 16.9 Å². The second-order valence-electron chi connectivity index (χ2n) is 4.85. The lowest BCUT2D eigenvalue weighted by molar-refractivity contribution is 0.0681. The van der Waals surface area contributed by atoms with Gasteiger partial charge in [-0.3, -0.25) is 4.79 Å². The number of nitrogen functional groups attached to an aromatic ring is 1. The molecule has 0 aliphatic heterocycles. The van der Waals surface area contributed by atoms with Crippen LogP contribution < -0.4 is 5.73 Å². The molecule has 0 radical (unpaired) electrons. The Labute approximate surface area is 117 Å². The third-order valence-corrected chi connectivity index (χ3v) is 3.22. The van der Waals surface area contributed by atoms with Crippen molar-refractivity contribution in [2.24, 2.45) is 5.92 Å². The van der Waals surface area contributed by atoms with Gasteiger partial charge >= 0.3 is 0 Å². The Balaban J connectivity index is 1.82. The average molecular weight is 284 g/mol. The minimum atomic E-state index is -0.133. The van der Waals surface area contributed by atoms with Crippen molar-refractivity contribution in [2.45, 2.75) is 12.8 Å². The van der Waals surface area contributed by atoms with Crippen molar-refractivity contribution in [2.75, 3.05) is 32.5 Å². The first-order valence-electron chi connectivity index (χ1n) is 6.32. The molecular weight excluding hydrogens is 266 g/mol. The van der Waals surface area contributed by atoms with Gasteiger partial charge in [-0.2, -0.15) is 0 Å². The second-order valence-corrected chi connectivity index (χ2v) is 5.24. The van der Waals surface area contributed by atoms with Crippen LogP contribution in [-0.4, -0.2) is 42.6 Å².